The van der Waals surface area contributed by atoms with Gasteiger partial charge in [0.1, 0.15) is 0 Å². The van der Waals surface area contributed by atoms with E-state index in [2.05, 4.69) is 58.2 Å². The molecule has 0 aliphatic rings. The average Bonchev–Trinajstić information content (AvgIpc) is 2.38. The number of benzene rings is 1. The van der Waals surface area contributed by atoms with Gasteiger partial charge in [0.05, 0.1) is 6.61 Å². The third kappa shape index (κ3) is 4.59. The van der Waals surface area contributed by atoms with Crippen LogP contribution < -0.4 is 10.2 Å². The molecule has 1 rings (SSSR count). The smallest absolute Gasteiger partial charge is 0.0606 e. The normalized spacial score (nSPS) is 10.7. The molecular formula is C14H23BrN2O. The zero-order valence-corrected chi connectivity index (χ0v) is 12.8. The quantitative estimate of drug-likeness (QED) is 0.724. The molecule has 0 amide bonds. The van der Waals surface area contributed by atoms with Crippen LogP contribution in [0.1, 0.15) is 25.8 Å². The summed E-state index contributed by atoms with van der Waals surface area (Å²) in [5.41, 5.74) is 2.48. The van der Waals surface area contributed by atoms with E-state index in [0.717, 1.165) is 30.5 Å². The Kier molecular flexibility index (Phi) is 7.32. The van der Waals surface area contributed by atoms with Crippen LogP contribution in [0.15, 0.2) is 22.7 Å². The number of likely N-dealkylation sites (N-methyl/N-ethyl adjacent to an activating group) is 1. The van der Waals surface area contributed by atoms with Crippen LogP contribution in [0.3, 0.4) is 0 Å². The second-order valence-electron chi connectivity index (χ2n) is 4.25. The SMILES string of the molecule is CCCNCc1ccc(Br)cc1N(CC)CCO. The van der Waals surface area contributed by atoms with Crippen molar-refractivity contribution < 1.29 is 5.11 Å². The summed E-state index contributed by atoms with van der Waals surface area (Å²) in [6, 6.07) is 6.34. The summed E-state index contributed by atoms with van der Waals surface area (Å²) < 4.78 is 1.08. The van der Waals surface area contributed by atoms with E-state index in [4.69, 9.17) is 5.11 Å². The highest BCUT2D eigenvalue weighted by Crippen LogP contribution is 2.25. The summed E-state index contributed by atoms with van der Waals surface area (Å²) in [5, 5.41) is 12.6. The van der Waals surface area contributed by atoms with Gasteiger partial charge < -0.3 is 15.3 Å². The van der Waals surface area contributed by atoms with Crippen LogP contribution in [0.4, 0.5) is 5.69 Å². The van der Waals surface area contributed by atoms with Gasteiger partial charge in [-0.2, -0.15) is 0 Å². The van der Waals surface area contributed by atoms with Crippen LogP contribution >= 0.6 is 15.9 Å². The molecule has 0 spiro atoms. The van der Waals surface area contributed by atoms with Crippen molar-refractivity contribution in [2.24, 2.45) is 0 Å². The van der Waals surface area contributed by atoms with E-state index in [9.17, 15) is 0 Å². The third-order valence-electron chi connectivity index (χ3n) is 2.88. The van der Waals surface area contributed by atoms with Crippen molar-refractivity contribution in [2.75, 3.05) is 31.1 Å². The minimum atomic E-state index is 0.183. The van der Waals surface area contributed by atoms with Crippen molar-refractivity contribution >= 4 is 21.6 Å². The third-order valence-corrected chi connectivity index (χ3v) is 3.38. The fourth-order valence-corrected chi connectivity index (χ4v) is 2.30. The van der Waals surface area contributed by atoms with Crippen molar-refractivity contribution in [3.8, 4) is 0 Å². The number of nitrogens with zero attached hydrogens (tertiary/aromatic N) is 1. The first-order chi connectivity index (χ1) is 8.72. The maximum atomic E-state index is 9.13. The van der Waals surface area contributed by atoms with Crippen molar-refractivity contribution in [3.05, 3.63) is 28.2 Å². The number of hydrogen-bond acceptors (Lipinski definition) is 3. The molecule has 0 saturated carbocycles. The molecule has 3 nitrogen and oxygen atoms in total. The van der Waals surface area contributed by atoms with Gasteiger partial charge in [-0.25, -0.2) is 0 Å². The molecule has 0 saturated heterocycles. The Labute approximate surface area is 118 Å². The number of halogens is 1. The highest BCUT2D eigenvalue weighted by molar-refractivity contribution is 9.10. The number of nitrogens with one attached hydrogen (secondary N) is 1. The lowest BCUT2D eigenvalue weighted by Crippen LogP contribution is -2.28. The molecule has 1 aromatic carbocycles. The molecule has 0 atom stereocenters. The molecule has 1 aromatic rings. The Morgan fingerprint density at radius 3 is 2.72 bits per heavy atom. The molecular weight excluding hydrogens is 292 g/mol. The number of hydrogen-bond donors (Lipinski definition) is 2. The fourth-order valence-electron chi connectivity index (χ4n) is 1.95. The minimum absolute atomic E-state index is 0.183. The lowest BCUT2D eigenvalue weighted by atomic mass is 10.1. The Morgan fingerprint density at radius 2 is 2.11 bits per heavy atom. The molecule has 0 bridgehead atoms. The maximum Gasteiger partial charge on any atom is 0.0606 e. The van der Waals surface area contributed by atoms with Gasteiger partial charge in [-0.1, -0.05) is 28.9 Å². The van der Waals surface area contributed by atoms with E-state index >= 15 is 0 Å². The summed E-state index contributed by atoms with van der Waals surface area (Å²) >= 11 is 3.52. The van der Waals surface area contributed by atoms with Crippen LogP contribution in [0.5, 0.6) is 0 Å². The molecule has 0 fully saturated rings. The predicted molar refractivity (Wildman–Crippen MR) is 81.1 cm³/mol. The first-order valence-electron chi connectivity index (χ1n) is 6.57. The van der Waals surface area contributed by atoms with Gasteiger partial charge in [-0.15, -0.1) is 0 Å². The topological polar surface area (TPSA) is 35.5 Å². The highest BCUT2D eigenvalue weighted by atomic mass is 79.9. The molecule has 0 aromatic heterocycles. The standard InChI is InChI=1S/C14H23BrN2O/c1-3-7-16-11-12-5-6-13(15)10-14(12)17(4-2)8-9-18/h5-6,10,16,18H,3-4,7-9,11H2,1-2H3. The number of aliphatic hydroxyl groups excluding tert-OH is 1. The van der Waals surface area contributed by atoms with Crippen LogP contribution in [0.2, 0.25) is 0 Å². The molecule has 102 valence electrons. The predicted octanol–water partition coefficient (Wildman–Crippen LogP) is 2.77. The van der Waals surface area contributed by atoms with E-state index in [1.54, 1.807) is 0 Å². The molecule has 4 heteroatoms. The van der Waals surface area contributed by atoms with E-state index < -0.39 is 0 Å². The van der Waals surface area contributed by atoms with Gasteiger partial charge in [-0.05, 0) is 37.6 Å². The van der Waals surface area contributed by atoms with Gasteiger partial charge in [0.2, 0.25) is 0 Å². The van der Waals surface area contributed by atoms with Crippen molar-refractivity contribution in [1.82, 2.24) is 5.32 Å². The van der Waals surface area contributed by atoms with Gasteiger partial charge in [-0.3, -0.25) is 0 Å². The summed E-state index contributed by atoms with van der Waals surface area (Å²) in [4.78, 5) is 2.20. The molecule has 0 unspecified atom stereocenters. The largest absolute Gasteiger partial charge is 0.395 e. The molecule has 0 heterocycles. The minimum Gasteiger partial charge on any atom is -0.395 e. The number of rotatable bonds is 8. The zero-order valence-electron chi connectivity index (χ0n) is 11.2. The van der Waals surface area contributed by atoms with Gasteiger partial charge in [0, 0.05) is 29.8 Å². The first-order valence-corrected chi connectivity index (χ1v) is 7.37. The maximum absolute atomic E-state index is 9.13. The van der Waals surface area contributed by atoms with Gasteiger partial charge >= 0.3 is 0 Å². The van der Waals surface area contributed by atoms with Crippen molar-refractivity contribution in [3.63, 3.8) is 0 Å². The second kappa shape index (κ2) is 8.51. The van der Waals surface area contributed by atoms with E-state index in [1.165, 1.54) is 11.3 Å². The molecule has 2 N–H and O–H groups in total. The van der Waals surface area contributed by atoms with Crippen LogP contribution in [-0.2, 0) is 6.54 Å². The van der Waals surface area contributed by atoms with E-state index in [1.807, 2.05) is 0 Å². The van der Waals surface area contributed by atoms with E-state index in [0.29, 0.717) is 6.54 Å². The zero-order chi connectivity index (χ0) is 13.4. The van der Waals surface area contributed by atoms with Crippen LogP contribution in [0.25, 0.3) is 0 Å². The Bertz CT molecular complexity index is 358. The molecule has 0 aliphatic carbocycles. The fraction of sp³-hybridized carbons (Fsp3) is 0.571. The Hall–Kier alpha value is -0.580. The number of anilines is 1. The van der Waals surface area contributed by atoms with Crippen LogP contribution in [-0.4, -0.2) is 31.3 Å². The van der Waals surface area contributed by atoms with Gasteiger partial charge in [0.15, 0.2) is 0 Å². The van der Waals surface area contributed by atoms with Gasteiger partial charge in [0.25, 0.3) is 0 Å². The summed E-state index contributed by atoms with van der Waals surface area (Å²) in [5.74, 6) is 0. The monoisotopic (exact) mass is 314 g/mol. The van der Waals surface area contributed by atoms with E-state index in [-0.39, 0.29) is 6.61 Å². The Balaban J connectivity index is 2.87. The summed E-state index contributed by atoms with van der Waals surface area (Å²) in [7, 11) is 0. The van der Waals surface area contributed by atoms with Crippen molar-refractivity contribution in [2.45, 2.75) is 26.8 Å². The lowest BCUT2D eigenvalue weighted by molar-refractivity contribution is 0.302. The summed E-state index contributed by atoms with van der Waals surface area (Å²) in [6.07, 6.45) is 1.14. The molecule has 18 heavy (non-hydrogen) atoms. The molecule has 0 aliphatic heterocycles. The van der Waals surface area contributed by atoms with Crippen LogP contribution in [0, 0.1) is 0 Å². The Morgan fingerprint density at radius 1 is 1.33 bits per heavy atom. The number of aliphatic hydroxyl groups is 1. The summed E-state index contributed by atoms with van der Waals surface area (Å²) in [6.45, 7) is 7.94. The first kappa shape index (κ1) is 15.5. The lowest BCUT2D eigenvalue weighted by Gasteiger charge is -2.25. The molecule has 0 radical (unpaired) electrons. The highest BCUT2D eigenvalue weighted by Gasteiger charge is 2.09. The average molecular weight is 315 g/mol. The second-order valence-corrected chi connectivity index (χ2v) is 5.17. The van der Waals surface area contributed by atoms with Crippen molar-refractivity contribution in [1.29, 1.82) is 0 Å².